The monoisotopic (exact) mass is 757 g/mol. The van der Waals surface area contributed by atoms with E-state index in [4.69, 9.17) is 11.6 Å². The first-order valence-corrected chi connectivity index (χ1v) is 12.2. The van der Waals surface area contributed by atoms with Crippen molar-refractivity contribution in [2.45, 2.75) is 18.0 Å². The van der Waals surface area contributed by atoms with Gasteiger partial charge in [0.05, 0.1) is 16.8 Å². The Bertz CT molecular complexity index is 1400. The minimum absolute atomic E-state index is 0.0312. The highest BCUT2D eigenvalue weighted by atomic mass is 127. The molecular weight excluding hydrogens is 749 g/mol. The molecule has 3 rings (SSSR count). The Hall–Kier alpha value is -2.57. The number of hydrogen-bond acceptors (Lipinski definition) is 4. The number of hydrogen-bond donors (Lipinski definition) is 2. The van der Waals surface area contributed by atoms with E-state index in [0.717, 1.165) is 24.4 Å². The molecule has 2 amide bonds. The summed E-state index contributed by atoms with van der Waals surface area (Å²) in [7, 11) is 0. The number of alkyl halides is 7. The first-order valence-electron chi connectivity index (χ1n) is 9.96. The summed E-state index contributed by atoms with van der Waals surface area (Å²) in [6.45, 7) is 0. The standard InChI is InChI=1S/C22H10BrClF8IN3O3/c23-12-6-10(20(26,21(27,28)29)22(30,31)32)7-13(33)17(12)35-18(37)11-2-1-3-14(16(11)25)36(39)19(38)9-4-5-15(24)34-8-9/h1-8,39H,(H,35,37). The first-order chi connectivity index (χ1) is 17.9. The summed E-state index contributed by atoms with van der Waals surface area (Å²) in [4.78, 5) is 28.9. The molecule has 0 aliphatic rings. The lowest BCUT2D eigenvalue weighted by atomic mass is 9.94. The lowest BCUT2D eigenvalue weighted by molar-refractivity contribution is -0.348. The van der Waals surface area contributed by atoms with Crippen molar-refractivity contribution >= 4 is 73.3 Å². The van der Waals surface area contributed by atoms with Crippen LogP contribution in [0.1, 0.15) is 26.3 Å². The van der Waals surface area contributed by atoms with Gasteiger partial charge in [0, 0.05) is 19.8 Å². The van der Waals surface area contributed by atoms with Crippen molar-refractivity contribution in [2.75, 3.05) is 10.4 Å². The molecule has 6 nitrogen and oxygen atoms in total. The zero-order valence-electron chi connectivity index (χ0n) is 18.4. The number of halogens is 11. The maximum atomic E-state index is 15.1. The molecule has 0 atom stereocenters. The van der Waals surface area contributed by atoms with Crippen LogP contribution in [0.5, 0.6) is 0 Å². The third-order valence-corrected chi connectivity index (χ3v) is 6.78. The Labute approximate surface area is 240 Å². The molecule has 17 heteroatoms. The van der Waals surface area contributed by atoms with Crippen molar-refractivity contribution in [2.24, 2.45) is 0 Å². The maximum absolute atomic E-state index is 15.1. The average molecular weight is 759 g/mol. The molecule has 0 saturated carbocycles. The molecule has 2 N–H and O–H groups in total. The van der Waals surface area contributed by atoms with E-state index in [1.54, 1.807) is 0 Å². The van der Waals surface area contributed by atoms with Gasteiger partial charge in [-0.3, -0.25) is 14.8 Å². The Kier molecular flexibility index (Phi) is 8.84. The van der Waals surface area contributed by atoms with Crippen molar-refractivity contribution in [1.82, 2.24) is 4.98 Å². The minimum atomic E-state index is -6.36. The SMILES string of the molecule is O=C(Nc1c(Br)cc(C(F)(C(F)(F)F)C(F)(F)F)cc1I)c1cccc(N(O)C(=O)c2ccc(Cl)nc2)c1F. The number of amides is 2. The number of carbonyl (C=O) groups is 2. The largest absolute Gasteiger partial charge is 0.435 e. The number of nitrogens with zero attached hydrogens (tertiary/aromatic N) is 2. The fourth-order valence-electron chi connectivity index (χ4n) is 3.15. The molecular formula is C22H10BrClF8IN3O3. The molecule has 0 bridgehead atoms. The predicted octanol–water partition coefficient (Wildman–Crippen LogP) is 7.82. The van der Waals surface area contributed by atoms with Crippen LogP contribution < -0.4 is 10.4 Å². The molecule has 0 spiro atoms. The summed E-state index contributed by atoms with van der Waals surface area (Å²) >= 11 is 9.59. The second kappa shape index (κ2) is 11.1. The van der Waals surface area contributed by atoms with Crippen molar-refractivity contribution < 1.29 is 49.9 Å². The van der Waals surface area contributed by atoms with E-state index < -0.39 is 66.2 Å². The maximum Gasteiger partial charge on any atom is 0.435 e. The minimum Gasteiger partial charge on any atom is -0.320 e. The van der Waals surface area contributed by atoms with E-state index in [-0.39, 0.29) is 27.9 Å². The molecule has 0 aliphatic heterocycles. The van der Waals surface area contributed by atoms with Crippen molar-refractivity contribution in [1.29, 1.82) is 0 Å². The number of aromatic nitrogens is 1. The first kappa shape index (κ1) is 31.0. The topological polar surface area (TPSA) is 82.5 Å². The van der Waals surface area contributed by atoms with Crippen LogP contribution in [0.3, 0.4) is 0 Å². The Morgan fingerprint density at radius 3 is 2.15 bits per heavy atom. The van der Waals surface area contributed by atoms with Gasteiger partial charge in [-0.05, 0) is 74.9 Å². The zero-order valence-corrected chi connectivity index (χ0v) is 22.9. The van der Waals surface area contributed by atoms with Gasteiger partial charge in [0.15, 0.2) is 5.82 Å². The van der Waals surface area contributed by atoms with E-state index in [0.29, 0.717) is 0 Å². The second-order valence-corrected chi connectivity index (χ2v) is 9.95. The third kappa shape index (κ3) is 5.97. The van der Waals surface area contributed by atoms with Gasteiger partial charge in [0.2, 0.25) is 0 Å². The number of carbonyl (C=O) groups excluding carboxylic acids is 2. The molecule has 3 aromatic rings. The number of anilines is 2. The predicted molar refractivity (Wildman–Crippen MR) is 134 cm³/mol. The molecule has 0 radical (unpaired) electrons. The van der Waals surface area contributed by atoms with Gasteiger partial charge >= 0.3 is 18.0 Å². The summed E-state index contributed by atoms with van der Waals surface area (Å²) in [5.41, 5.74) is -9.69. The summed E-state index contributed by atoms with van der Waals surface area (Å²) in [6, 6.07) is 5.76. The zero-order chi connectivity index (χ0) is 29.5. The number of benzene rings is 2. The lowest BCUT2D eigenvalue weighted by Crippen LogP contribution is -2.50. The number of hydroxylamine groups is 1. The van der Waals surface area contributed by atoms with Crippen LogP contribution in [0.2, 0.25) is 5.15 Å². The third-order valence-electron chi connectivity index (χ3n) is 5.08. The highest BCUT2D eigenvalue weighted by molar-refractivity contribution is 14.1. The quantitative estimate of drug-likeness (QED) is 0.0915. The van der Waals surface area contributed by atoms with Crippen molar-refractivity contribution in [3.05, 3.63) is 84.4 Å². The van der Waals surface area contributed by atoms with Crippen LogP contribution in [0.15, 0.2) is 53.1 Å². The van der Waals surface area contributed by atoms with Gasteiger partial charge in [-0.25, -0.2) is 13.8 Å². The molecule has 2 aromatic carbocycles. The van der Waals surface area contributed by atoms with Crippen LogP contribution in [-0.4, -0.2) is 34.4 Å². The van der Waals surface area contributed by atoms with Crippen molar-refractivity contribution in [3.8, 4) is 0 Å². The Morgan fingerprint density at radius 1 is 1.03 bits per heavy atom. The molecule has 208 valence electrons. The van der Waals surface area contributed by atoms with Gasteiger partial charge in [-0.1, -0.05) is 17.7 Å². The second-order valence-electron chi connectivity index (χ2n) is 7.55. The molecule has 1 heterocycles. The smallest absolute Gasteiger partial charge is 0.320 e. The summed E-state index contributed by atoms with van der Waals surface area (Å²) in [5.74, 6) is -3.83. The van der Waals surface area contributed by atoms with Gasteiger partial charge in [0.25, 0.3) is 11.8 Å². The van der Waals surface area contributed by atoms with Gasteiger partial charge in [-0.15, -0.1) is 0 Å². The molecule has 0 unspecified atom stereocenters. The van der Waals surface area contributed by atoms with Crippen LogP contribution in [0.25, 0.3) is 0 Å². The van der Waals surface area contributed by atoms with E-state index in [2.05, 4.69) is 26.2 Å². The Balaban J connectivity index is 1.95. The molecule has 0 aliphatic carbocycles. The fourth-order valence-corrected chi connectivity index (χ4v) is 4.96. The normalized spacial score (nSPS) is 12.3. The van der Waals surface area contributed by atoms with Gasteiger partial charge < -0.3 is 5.32 Å². The highest BCUT2D eigenvalue weighted by Gasteiger charge is 2.73. The van der Waals surface area contributed by atoms with E-state index in [1.165, 1.54) is 34.7 Å². The summed E-state index contributed by atoms with van der Waals surface area (Å²) in [5, 5.41) is 12.3. The molecule has 1 aromatic heterocycles. The van der Waals surface area contributed by atoms with Crippen LogP contribution in [0.4, 0.5) is 46.5 Å². The molecule has 0 saturated heterocycles. The fraction of sp³-hybridized carbons (Fsp3) is 0.136. The van der Waals surface area contributed by atoms with Crippen LogP contribution in [-0.2, 0) is 5.67 Å². The summed E-state index contributed by atoms with van der Waals surface area (Å²) < 4.78 is 107. The lowest BCUT2D eigenvalue weighted by Gasteiger charge is -2.31. The average Bonchev–Trinajstić information content (AvgIpc) is 2.83. The molecule has 39 heavy (non-hydrogen) atoms. The highest BCUT2D eigenvalue weighted by Crippen LogP contribution is 2.54. The number of pyridine rings is 1. The van der Waals surface area contributed by atoms with Gasteiger partial charge in [-0.2, -0.15) is 31.4 Å². The van der Waals surface area contributed by atoms with Gasteiger partial charge in [0.1, 0.15) is 10.8 Å². The van der Waals surface area contributed by atoms with Crippen LogP contribution >= 0.6 is 50.1 Å². The van der Waals surface area contributed by atoms with E-state index in [1.807, 2.05) is 0 Å². The Morgan fingerprint density at radius 2 is 1.64 bits per heavy atom. The van der Waals surface area contributed by atoms with Crippen LogP contribution in [0, 0.1) is 9.39 Å². The molecule has 0 fully saturated rings. The van der Waals surface area contributed by atoms with E-state index >= 15 is 4.39 Å². The summed E-state index contributed by atoms with van der Waals surface area (Å²) in [6.07, 6.45) is -11.7. The number of rotatable bonds is 5. The van der Waals surface area contributed by atoms with Crippen molar-refractivity contribution in [3.63, 3.8) is 0 Å². The van der Waals surface area contributed by atoms with E-state index in [9.17, 15) is 45.5 Å². The number of nitrogens with one attached hydrogen (secondary N) is 1.